The first kappa shape index (κ1) is 28.2. The van der Waals surface area contributed by atoms with E-state index in [4.69, 9.17) is 34.8 Å². The van der Waals surface area contributed by atoms with Gasteiger partial charge >= 0.3 is 0 Å². The highest BCUT2D eigenvalue weighted by Crippen LogP contribution is 2.66. The largest absolute Gasteiger partial charge is 0.508 e. The number of alkyl halides is 2. The molecule has 2 aromatic carbocycles. The smallest absolute Gasteiger partial charge is 0.258 e. The Labute approximate surface area is 250 Å². The van der Waals surface area contributed by atoms with Crippen LogP contribution in [-0.4, -0.2) is 48.9 Å². The van der Waals surface area contributed by atoms with Gasteiger partial charge in [0.05, 0.1) is 17.5 Å². The summed E-state index contributed by atoms with van der Waals surface area (Å²) < 4.78 is 13.7. The van der Waals surface area contributed by atoms with Gasteiger partial charge in [-0.05, 0) is 81.5 Å². The molecule has 7 nitrogen and oxygen atoms in total. The molecule has 4 amide bonds. The second-order valence-electron chi connectivity index (χ2n) is 12.1. The summed E-state index contributed by atoms with van der Waals surface area (Å²) in [6.07, 6.45) is 1.86. The lowest BCUT2D eigenvalue weighted by Crippen LogP contribution is -2.60. The van der Waals surface area contributed by atoms with E-state index in [-0.39, 0.29) is 41.1 Å². The number of hydrogen-bond acceptors (Lipinski definition) is 5. The van der Waals surface area contributed by atoms with Crippen LogP contribution in [-0.2, 0) is 19.2 Å². The van der Waals surface area contributed by atoms with E-state index in [1.807, 2.05) is 6.08 Å². The third-order valence-corrected chi connectivity index (χ3v) is 10.6. The highest BCUT2D eigenvalue weighted by Gasteiger charge is 2.77. The van der Waals surface area contributed by atoms with Gasteiger partial charge in [-0.3, -0.25) is 24.1 Å². The zero-order valence-corrected chi connectivity index (χ0v) is 24.6. The molecule has 3 fully saturated rings. The second-order valence-corrected chi connectivity index (χ2v) is 13.8. The SMILES string of the molecule is CC(C)(C)N1C(=O)[C@H]2[C@H](CC=C3[C@H]2C[C@@]2(Cl)C(=O)N(c4ccc(F)cc4)C(=O)[C@@]2(Cl)[C@H]3c2ccc(O)cc2Cl)C1=O. The predicted molar refractivity (Wildman–Crippen MR) is 151 cm³/mol. The molecule has 6 rings (SSSR count). The Hall–Kier alpha value is -2.94. The Balaban J connectivity index is 1.57. The summed E-state index contributed by atoms with van der Waals surface area (Å²) >= 11 is 21.2. The van der Waals surface area contributed by atoms with Crippen molar-refractivity contribution in [2.24, 2.45) is 17.8 Å². The van der Waals surface area contributed by atoms with Crippen molar-refractivity contribution in [3.8, 4) is 5.75 Å². The fourth-order valence-corrected chi connectivity index (χ4v) is 8.37. The maximum Gasteiger partial charge on any atom is 0.258 e. The van der Waals surface area contributed by atoms with Crippen LogP contribution in [0, 0.1) is 23.6 Å². The summed E-state index contributed by atoms with van der Waals surface area (Å²) in [7, 11) is 0. The molecule has 4 aliphatic rings. The summed E-state index contributed by atoms with van der Waals surface area (Å²) in [6.45, 7) is 5.34. The Morgan fingerprint density at radius 2 is 1.61 bits per heavy atom. The molecule has 11 heteroatoms. The fourth-order valence-electron chi connectivity index (χ4n) is 7.16. The van der Waals surface area contributed by atoms with Crippen molar-refractivity contribution in [1.82, 2.24) is 4.90 Å². The Bertz CT molecular complexity index is 1570. The van der Waals surface area contributed by atoms with Gasteiger partial charge in [0.2, 0.25) is 11.8 Å². The summed E-state index contributed by atoms with van der Waals surface area (Å²) in [4.78, 5) is 53.8. The molecule has 0 bridgehead atoms. The Morgan fingerprint density at radius 1 is 0.951 bits per heavy atom. The third-order valence-electron chi connectivity index (χ3n) is 8.86. The molecule has 1 saturated carbocycles. The third kappa shape index (κ3) is 3.69. The molecular formula is C30H26Cl3FN2O5. The van der Waals surface area contributed by atoms with Crippen LogP contribution in [0.3, 0.4) is 0 Å². The number of phenols is 1. The van der Waals surface area contributed by atoms with Gasteiger partial charge in [0.15, 0.2) is 9.75 Å². The van der Waals surface area contributed by atoms with E-state index in [1.54, 1.807) is 20.8 Å². The number of rotatable bonds is 2. The number of carbonyl (C=O) groups excluding carboxylic acids is 4. The molecule has 2 saturated heterocycles. The molecule has 0 spiro atoms. The van der Waals surface area contributed by atoms with Gasteiger partial charge in [-0.15, -0.1) is 23.2 Å². The number of likely N-dealkylation sites (tertiary alicyclic amines) is 1. The Kier molecular flexibility index (Phi) is 6.21. The van der Waals surface area contributed by atoms with E-state index in [1.165, 1.54) is 35.2 Å². The second kappa shape index (κ2) is 9.03. The van der Waals surface area contributed by atoms with Crippen LogP contribution in [0.4, 0.5) is 10.1 Å². The summed E-state index contributed by atoms with van der Waals surface area (Å²) in [6, 6.07) is 9.00. The number of allylic oxidation sites excluding steroid dienone is 2. The first-order valence-corrected chi connectivity index (χ1v) is 14.3. The van der Waals surface area contributed by atoms with Crippen molar-refractivity contribution in [2.75, 3.05) is 4.90 Å². The van der Waals surface area contributed by atoms with Crippen molar-refractivity contribution in [3.63, 3.8) is 0 Å². The number of benzene rings is 2. The molecule has 0 unspecified atom stereocenters. The van der Waals surface area contributed by atoms with Crippen molar-refractivity contribution >= 4 is 64.1 Å². The number of carbonyl (C=O) groups is 4. The number of aromatic hydroxyl groups is 1. The number of amides is 4. The molecule has 2 aliphatic carbocycles. The maximum absolute atomic E-state index is 14.3. The fraction of sp³-hybridized carbons (Fsp3) is 0.400. The molecule has 41 heavy (non-hydrogen) atoms. The maximum atomic E-state index is 14.3. The molecule has 214 valence electrons. The van der Waals surface area contributed by atoms with Crippen LogP contribution in [0.1, 0.15) is 45.1 Å². The quantitative estimate of drug-likeness (QED) is 0.270. The lowest BCUT2D eigenvalue weighted by molar-refractivity contribution is -0.145. The molecule has 2 heterocycles. The average molecular weight is 620 g/mol. The molecule has 1 N–H and O–H groups in total. The predicted octanol–water partition coefficient (Wildman–Crippen LogP) is 5.55. The number of anilines is 1. The van der Waals surface area contributed by atoms with Crippen LogP contribution < -0.4 is 4.90 Å². The average Bonchev–Trinajstić information content (AvgIpc) is 3.24. The normalized spacial score (nSPS) is 33.1. The van der Waals surface area contributed by atoms with Gasteiger partial charge in [-0.2, -0.15) is 0 Å². The van der Waals surface area contributed by atoms with Gasteiger partial charge in [-0.1, -0.05) is 29.3 Å². The first-order valence-electron chi connectivity index (χ1n) is 13.2. The van der Waals surface area contributed by atoms with Crippen LogP contribution in [0.5, 0.6) is 5.75 Å². The van der Waals surface area contributed by atoms with Gasteiger partial charge in [0.1, 0.15) is 11.6 Å². The zero-order valence-electron chi connectivity index (χ0n) is 22.3. The van der Waals surface area contributed by atoms with Crippen molar-refractivity contribution in [3.05, 3.63) is 70.5 Å². The van der Waals surface area contributed by atoms with Crippen molar-refractivity contribution in [2.45, 2.75) is 54.8 Å². The number of hydrogen-bond donors (Lipinski definition) is 1. The minimum atomic E-state index is -2.09. The monoisotopic (exact) mass is 618 g/mol. The van der Waals surface area contributed by atoms with Gasteiger partial charge < -0.3 is 5.11 Å². The topological polar surface area (TPSA) is 95.0 Å². The van der Waals surface area contributed by atoms with Crippen molar-refractivity contribution < 1.29 is 28.7 Å². The molecule has 2 aromatic rings. The van der Waals surface area contributed by atoms with E-state index in [2.05, 4.69) is 0 Å². The minimum absolute atomic E-state index is 0.0864. The lowest BCUT2D eigenvalue weighted by Gasteiger charge is -2.51. The molecule has 6 atom stereocenters. The first-order chi connectivity index (χ1) is 19.1. The van der Waals surface area contributed by atoms with E-state index >= 15 is 0 Å². The van der Waals surface area contributed by atoms with Crippen LogP contribution in [0.25, 0.3) is 0 Å². The van der Waals surface area contributed by atoms with E-state index < -0.39 is 56.6 Å². The van der Waals surface area contributed by atoms with Crippen LogP contribution >= 0.6 is 34.8 Å². The molecule has 0 radical (unpaired) electrons. The molecule has 0 aromatic heterocycles. The van der Waals surface area contributed by atoms with E-state index in [0.29, 0.717) is 11.1 Å². The highest BCUT2D eigenvalue weighted by atomic mass is 35.5. The van der Waals surface area contributed by atoms with Gasteiger partial charge in [-0.25, -0.2) is 9.29 Å². The molecule has 2 aliphatic heterocycles. The minimum Gasteiger partial charge on any atom is -0.508 e. The van der Waals surface area contributed by atoms with Gasteiger partial charge in [0, 0.05) is 16.5 Å². The van der Waals surface area contributed by atoms with E-state index in [0.717, 1.165) is 17.0 Å². The highest BCUT2D eigenvalue weighted by molar-refractivity contribution is 6.58. The van der Waals surface area contributed by atoms with Crippen molar-refractivity contribution in [1.29, 1.82) is 0 Å². The number of halogens is 4. The van der Waals surface area contributed by atoms with Crippen LogP contribution in [0.2, 0.25) is 5.02 Å². The number of imide groups is 2. The summed E-state index contributed by atoms with van der Waals surface area (Å²) in [5.74, 6) is -6.23. The zero-order chi connectivity index (χ0) is 29.8. The number of phenolic OH excluding ortho intramolecular Hbond substituents is 1. The van der Waals surface area contributed by atoms with Gasteiger partial charge in [0.25, 0.3) is 11.8 Å². The van der Waals surface area contributed by atoms with Crippen LogP contribution in [0.15, 0.2) is 54.1 Å². The number of fused-ring (bicyclic) bond motifs is 4. The number of nitrogens with zero attached hydrogens (tertiary/aromatic N) is 2. The summed E-state index contributed by atoms with van der Waals surface area (Å²) in [5, 5.41) is 10.2. The lowest BCUT2D eigenvalue weighted by atomic mass is 9.56. The molecular weight excluding hydrogens is 594 g/mol. The standard InChI is InChI=1S/C30H26Cl3FN2O5/c1-28(2,3)36-24(38)19-11-10-17-20(22(19)25(36)39)13-29(32)26(40)35(15-6-4-14(34)5-7-15)27(41)30(29,33)23(17)18-9-8-16(37)12-21(18)31/h4-10,12,19-20,22-23,37H,11,13H2,1-3H3/t19-,20+,22-,23+,29+,30-/m0/s1. The Morgan fingerprint density at radius 3 is 2.22 bits per heavy atom. The van der Waals surface area contributed by atoms with E-state index in [9.17, 15) is 28.7 Å². The summed E-state index contributed by atoms with van der Waals surface area (Å²) in [5.41, 5.74) is 0.245.